The maximum absolute atomic E-state index is 12.9. The largest absolute Gasteiger partial charge is 0.486 e. The molecule has 2 aromatic carbocycles. The van der Waals surface area contributed by atoms with Crippen LogP contribution in [0, 0.1) is 5.92 Å². The molecule has 2 aliphatic heterocycles. The number of fused-ring (bicyclic) bond motifs is 2. The third-order valence-corrected chi connectivity index (χ3v) is 6.26. The van der Waals surface area contributed by atoms with Crippen molar-refractivity contribution in [3.05, 3.63) is 50.9 Å². The van der Waals surface area contributed by atoms with Gasteiger partial charge in [0.05, 0.1) is 5.69 Å². The van der Waals surface area contributed by atoms with Crippen molar-refractivity contribution in [1.29, 1.82) is 0 Å². The highest BCUT2D eigenvalue weighted by Crippen LogP contribution is 2.44. The molecular formula is C22H19Br2F2NO4. The third kappa shape index (κ3) is 5.26. The monoisotopic (exact) mass is 557 g/mol. The van der Waals surface area contributed by atoms with E-state index in [-0.39, 0.29) is 43.7 Å². The van der Waals surface area contributed by atoms with Crippen LogP contribution >= 0.6 is 31.9 Å². The number of carbonyl (C=O) groups is 2. The van der Waals surface area contributed by atoms with Crippen molar-refractivity contribution < 1.29 is 27.8 Å². The molecule has 31 heavy (non-hydrogen) atoms. The summed E-state index contributed by atoms with van der Waals surface area (Å²) in [6, 6.07) is 11.1. The van der Waals surface area contributed by atoms with Gasteiger partial charge in [-0.1, -0.05) is 31.9 Å². The predicted molar refractivity (Wildman–Crippen MR) is 118 cm³/mol. The molecule has 0 N–H and O–H groups in total. The van der Waals surface area contributed by atoms with Crippen molar-refractivity contribution in [1.82, 2.24) is 0 Å². The number of hydrogen-bond donors (Lipinski definition) is 0. The van der Waals surface area contributed by atoms with Crippen molar-refractivity contribution >= 4 is 49.2 Å². The Kier molecular flexibility index (Phi) is 6.35. The van der Waals surface area contributed by atoms with Gasteiger partial charge in [-0.15, -0.1) is 0 Å². The molecule has 1 amide bonds. The van der Waals surface area contributed by atoms with E-state index in [1.165, 1.54) is 0 Å². The number of alkyl halides is 2. The van der Waals surface area contributed by atoms with Crippen molar-refractivity contribution in [2.24, 2.45) is 5.92 Å². The number of anilines is 1. The highest BCUT2D eigenvalue weighted by atomic mass is 79.9. The first-order chi connectivity index (χ1) is 14.7. The summed E-state index contributed by atoms with van der Waals surface area (Å²) in [6.07, 6.45) is 0.219. The van der Waals surface area contributed by atoms with Crippen molar-refractivity contribution in [3.8, 4) is 11.5 Å². The number of ketones is 1. The van der Waals surface area contributed by atoms with Crippen LogP contribution in [0.1, 0.15) is 18.4 Å². The third-order valence-electron chi connectivity index (χ3n) is 5.28. The van der Waals surface area contributed by atoms with Crippen molar-refractivity contribution in [3.63, 3.8) is 0 Å². The van der Waals surface area contributed by atoms with E-state index < -0.39 is 5.92 Å². The van der Waals surface area contributed by atoms with Crippen LogP contribution in [0.2, 0.25) is 0 Å². The summed E-state index contributed by atoms with van der Waals surface area (Å²) in [6.45, 7) is 0.521. The Morgan fingerprint density at radius 1 is 0.968 bits per heavy atom. The SMILES string of the molecule is O=C1COc2ccc(Br)cc2C1.O=C1COc2ccc(Br)cc2N1CC1CC(F)(F)C1. The Balaban J connectivity index is 0.000000166. The lowest BCUT2D eigenvalue weighted by atomic mass is 9.81. The molecule has 0 atom stereocenters. The topological polar surface area (TPSA) is 55.8 Å². The molecular weight excluding hydrogens is 540 g/mol. The quantitative estimate of drug-likeness (QED) is 0.510. The average molecular weight is 559 g/mol. The van der Waals surface area contributed by atoms with Gasteiger partial charge >= 0.3 is 0 Å². The van der Waals surface area contributed by atoms with E-state index >= 15 is 0 Å². The molecule has 5 nitrogen and oxygen atoms in total. The summed E-state index contributed by atoms with van der Waals surface area (Å²) in [4.78, 5) is 24.5. The van der Waals surface area contributed by atoms with E-state index in [4.69, 9.17) is 9.47 Å². The first kappa shape index (κ1) is 22.2. The zero-order valence-corrected chi connectivity index (χ0v) is 19.5. The summed E-state index contributed by atoms with van der Waals surface area (Å²) < 4.78 is 38.1. The molecule has 1 fully saturated rings. The number of carbonyl (C=O) groups excluding carboxylic acids is 2. The van der Waals surface area contributed by atoms with Crippen LogP contribution in [0.4, 0.5) is 14.5 Å². The molecule has 2 heterocycles. The summed E-state index contributed by atoms with van der Waals surface area (Å²) >= 11 is 6.68. The van der Waals surface area contributed by atoms with E-state index in [9.17, 15) is 18.4 Å². The van der Waals surface area contributed by atoms with Crippen molar-refractivity contribution in [2.75, 3.05) is 24.7 Å². The number of nitrogens with zero attached hydrogens (tertiary/aromatic N) is 1. The Morgan fingerprint density at radius 3 is 2.32 bits per heavy atom. The number of halogens is 4. The van der Waals surface area contributed by atoms with Crippen LogP contribution < -0.4 is 14.4 Å². The minimum absolute atomic E-state index is 0.0300. The lowest BCUT2D eigenvalue weighted by Gasteiger charge is -2.39. The second-order valence-electron chi connectivity index (χ2n) is 7.79. The Hall–Kier alpha value is -2.00. The van der Waals surface area contributed by atoms with E-state index in [2.05, 4.69) is 31.9 Å². The van der Waals surface area contributed by atoms with Crippen LogP contribution in [0.25, 0.3) is 0 Å². The highest BCUT2D eigenvalue weighted by molar-refractivity contribution is 9.10. The van der Waals surface area contributed by atoms with Gasteiger partial charge in [-0.2, -0.15) is 0 Å². The normalized spacial score (nSPS) is 19.2. The summed E-state index contributed by atoms with van der Waals surface area (Å²) in [7, 11) is 0. The molecule has 9 heteroatoms. The van der Waals surface area contributed by atoms with Gasteiger partial charge in [-0.25, -0.2) is 8.78 Å². The zero-order valence-electron chi connectivity index (χ0n) is 16.4. The number of amides is 1. The van der Waals surface area contributed by atoms with Crippen LogP contribution in [0.5, 0.6) is 11.5 Å². The lowest BCUT2D eigenvalue weighted by Crippen LogP contribution is -2.47. The average Bonchev–Trinajstić information content (AvgIpc) is 2.69. The Morgan fingerprint density at radius 2 is 1.61 bits per heavy atom. The first-order valence-electron chi connectivity index (χ1n) is 9.74. The molecule has 0 unspecified atom stereocenters. The number of hydrogen-bond acceptors (Lipinski definition) is 4. The van der Waals surface area contributed by atoms with E-state index in [0.717, 1.165) is 20.3 Å². The Labute approximate surface area is 195 Å². The van der Waals surface area contributed by atoms with Crippen LogP contribution in [0.3, 0.4) is 0 Å². The van der Waals surface area contributed by atoms with Gasteiger partial charge in [-0.05, 0) is 42.3 Å². The summed E-state index contributed by atoms with van der Waals surface area (Å²) in [5, 5.41) is 0. The molecule has 164 valence electrons. The summed E-state index contributed by atoms with van der Waals surface area (Å²) in [5.74, 6) is -1.28. The number of ether oxygens (including phenoxy) is 2. The highest BCUT2D eigenvalue weighted by Gasteiger charge is 2.46. The maximum atomic E-state index is 12.9. The standard InChI is InChI=1S/C13H12BrF2NO2.C9H7BrO2/c14-9-1-2-11-10(3-9)17(12(18)7-19-11)6-8-4-13(15,16)5-8;10-7-1-2-9-6(3-7)4-8(11)5-12-9/h1-3,8H,4-7H2;1-3H,4-5H2. The van der Waals surface area contributed by atoms with Crippen LogP contribution in [0.15, 0.2) is 45.3 Å². The smallest absolute Gasteiger partial charge is 0.265 e. The fourth-order valence-electron chi connectivity index (χ4n) is 3.80. The molecule has 0 radical (unpaired) electrons. The molecule has 3 aliphatic rings. The van der Waals surface area contributed by atoms with Gasteiger partial charge in [0, 0.05) is 40.3 Å². The van der Waals surface area contributed by atoms with Gasteiger partial charge in [0.1, 0.15) is 18.1 Å². The van der Waals surface area contributed by atoms with E-state index in [1.54, 1.807) is 17.0 Å². The van der Waals surface area contributed by atoms with Gasteiger partial charge in [0.25, 0.3) is 5.91 Å². The van der Waals surface area contributed by atoms with Crippen molar-refractivity contribution in [2.45, 2.75) is 25.2 Å². The second-order valence-corrected chi connectivity index (χ2v) is 9.62. The minimum atomic E-state index is -2.56. The second kappa shape index (κ2) is 8.86. The maximum Gasteiger partial charge on any atom is 0.265 e. The molecule has 0 aromatic heterocycles. The fourth-order valence-corrected chi connectivity index (χ4v) is 4.55. The fraction of sp³-hybridized carbons (Fsp3) is 0.364. The zero-order chi connectivity index (χ0) is 22.2. The first-order valence-corrected chi connectivity index (χ1v) is 11.3. The molecule has 0 bridgehead atoms. The predicted octanol–water partition coefficient (Wildman–Crippen LogP) is 5.17. The van der Waals surface area contributed by atoms with Gasteiger partial charge in [0.15, 0.2) is 12.4 Å². The number of rotatable bonds is 2. The molecule has 1 saturated carbocycles. The van der Waals surface area contributed by atoms with Gasteiger partial charge in [0.2, 0.25) is 5.92 Å². The molecule has 0 spiro atoms. The molecule has 5 rings (SSSR count). The molecule has 2 aromatic rings. The van der Waals surface area contributed by atoms with Crippen LogP contribution in [-0.2, 0) is 16.0 Å². The van der Waals surface area contributed by atoms with Gasteiger partial charge < -0.3 is 14.4 Å². The molecule has 1 aliphatic carbocycles. The van der Waals surface area contributed by atoms with Gasteiger partial charge in [-0.3, -0.25) is 9.59 Å². The summed E-state index contributed by atoms with van der Waals surface area (Å²) in [5.41, 5.74) is 1.63. The minimum Gasteiger partial charge on any atom is -0.486 e. The molecule has 0 saturated heterocycles. The number of Topliss-reactive ketones (excluding diaryl/α,β-unsaturated/α-hetero) is 1. The van der Waals surface area contributed by atoms with E-state index in [0.29, 0.717) is 24.4 Å². The van der Waals surface area contributed by atoms with E-state index in [1.807, 2.05) is 24.3 Å². The lowest BCUT2D eigenvalue weighted by molar-refractivity contribution is -0.125. The number of benzene rings is 2. The van der Waals surface area contributed by atoms with Crippen LogP contribution in [-0.4, -0.2) is 37.4 Å². The Bertz CT molecular complexity index is 1020.